The second-order valence-electron chi connectivity index (χ2n) is 6.26. The topological polar surface area (TPSA) is 73.9 Å². The number of carbonyl (C=O) groups is 1. The van der Waals surface area contributed by atoms with Gasteiger partial charge in [-0.1, -0.05) is 60.7 Å². The van der Waals surface area contributed by atoms with Crippen molar-refractivity contribution in [3.63, 3.8) is 0 Å². The maximum Gasteiger partial charge on any atom is 0.256 e. The van der Waals surface area contributed by atoms with Crippen LogP contribution in [0.25, 0.3) is 0 Å². The van der Waals surface area contributed by atoms with E-state index in [1.807, 2.05) is 65.6 Å². The molecule has 0 radical (unpaired) electrons. The summed E-state index contributed by atoms with van der Waals surface area (Å²) in [5.41, 5.74) is 2.14. The first-order valence-electron chi connectivity index (χ1n) is 8.77. The Bertz CT molecular complexity index is 769. The molecule has 0 saturated carbocycles. The number of nitrogens with one attached hydrogen (secondary N) is 2. The van der Waals surface area contributed by atoms with Crippen LogP contribution in [0.2, 0.25) is 0 Å². The third-order valence-corrected chi connectivity index (χ3v) is 4.10. The van der Waals surface area contributed by atoms with Crippen molar-refractivity contribution < 1.29 is 9.18 Å². The summed E-state index contributed by atoms with van der Waals surface area (Å²) in [4.78, 5) is 17.9. The van der Waals surface area contributed by atoms with Crippen molar-refractivity contribution in [2.75, 3.05) is 6.54 Å². The summed E-state index contributed by atoms with van der Waals surface area (Å²) in [5, 5.41) is 8.87. The lowest BCUT2D eigenvalue weighted by Crippen LogP contribution is -2.40. The molecular formula is C20H22FN5O. The van der Waals surface area contributed by atoms with Crippen LogP contribution >= 0.6 is 0 Å². The number of amides is 1. The monoisotopic (exact) mass is 367 g/mol. The van der Waals surface area contributed by atoms with Crippen LogP contribution in [0.3, 0.4) is 0 Å². The molecule has 1 amide bonds. The van der Waals surface area contributed by atoms with Gasteiger partial charge in [0.05, 0.1) is 6.54 Å². The van der Waals surface area contributed by atoms with Crippen molar-refractivity contribution >= 4 is 5.91 Å². The Morgan fingerprint density at radius 1 is 1.04 bits per heavy atom. The zero-order valence-electron chi connectivity index (χ0n) is 14.9. The molecule has 2 aromatic carbocycles. The van der Waals surface area contributed by atoms with Crippen LogP contribution in [-0.4, -0.2) is 38.7 Å². The normalized spacial score (nSPS) is 12.1. The average molecular weight is 367 g/mol. The third kappa shape index (κ3) is 6.00. The maximum absolute atomic E-state index is 14.6. The molecule has 27 heavy (non-hydrogen) atoms. The van der Waals surface area contributed by atoms with Gasteiger partial charge in [-0.2, -0.15) is 5.10 Å². The van der Waals surface area contributed by atoms with Crippen LogP contribution in [0.4, 0.5) is 4.39 Å². The third-order valence-electron chi connectivity index (χ3n) is 4.10. The summed E-state index contributed by atoms with van der Waals surface area (Å²) in [6.45, 7) is 1.25. The molecule has 1 unspecified atom stereocenters. The predicted molar refractivity (Wildman–Crippen MR) is 100 cm³/mol. The first-order valence-corrected chi connectivity index (χ1v) is 8.77. The Kier molecular flexibility index (Phi) is 6.65. The first kappa shape index (κ1) is 18.7. The smallest absolute Gasteiger partial charge is 0.256 e. The van der Waals surface area contributed by atoms with E-state index in [0.29, 0.717) is 18.9 Å². The first-order chi connectivity index (χ1) is 13.2. The minimum Gasteiger partial charge on any atom is -0.346 e. The van der Waals surface area contributed by atoms with E-state index in [2.05, 4.69) is 20.5 Å². The van der Waals surface area contributed by atoms with E-state index in [-0.39, 0.29) is 13.1 Å². The predicted octanol–water partition coefficient (Wildman–Crippen LogP) is 2.46. The summed E-state index contributed by atoms with van der Waals surface area (Å²) in [5.74, 6) is -0.168. The van der Waals surface area contributed by atoms with Crippen LogP contribution in [-0.2, 0) is 24.4 Å². The fraction of sp³-hybridized carbons (Fsp3) is 0.250. The number of aromatic amines is 1. The standard InChI is InChI=1S/C20H22FN5O/c21-18(20(27)22-11-19-23-15-24-25-19)14-26(12-16-7-3-1-4-8-16)13-17-9-5-2-6-10-17/h1-10,15,18H,11-14H2,(H,22,27)(H,23,24,25). The molecule has 3 rings (SSSR count). The van der Waals surface area contributed by atoms with Gasteiger partial charge >= 0.3 is 0 Å². The fourth-order valence-corrected chi connectivity index (χ4v) is 2.78. The van der Waals surface area contributed by atoms with Crippen LogP contribution in [0, 0.1) is 0 Å². The second-order valence-corrected chi connectivity index (χ2v) is 6.26. The number of carbonyl (C=O) groups excluding carboxylic acids is 1. The summed E-state index contributed by atoms with van der Waals surface area (Å²) in [6.07, 6.45) is -0.295. The molecule has 3 aromatic rings. The van der Waals surface area contributed by atoms with Crippen molar-refractivity contribution in [1.29, 1.82) is 0 Å². The molecule has 6 nitrogen and oxygen atoms in total. The summed E-state index contributed by atoms with van der Waals surface area (Å²) in [7, 11) is 0. The van der Waals surface area contributed by atoms with Crippen LogP contribution in [0.15, 0.2) is 67.0 Å². The van der Waals surface area contributed by atoms with Gasteiger partial charge in [0.2, 0.25) is 0 Å². The SMILES string of the molecule is O=C(NCc1ncn[nH]1)C(F)CN(Cc1ccccc1)Cc1ccccc1. The Hall–Kier alpha value is -3.06. The van der Waals surface area contributed by atoms with E-state index in [1.165, 1.54) is 6.33 Å². The van der Waals surface area contributed by atoms with E-state index in [1.54, 1.807) is 0 Å². The highest BCUT2D eigenvalue weighted by molar-refractivity contribution is 5.80. The molecule has 0 bridgehead atoms. The number of hydrogen-bond donors (Lipinski definition) is 2. The Morgan fingerprint density at radius 3 is 2.15 bits per heavy atom. The van der Waals surface area contributed by atoms with Crippen LogP contribution in [0.1, 0.15) is 17.0 Å². The van der Waals surface area contributed by atoms with Crippen LogP contribution in [0.5, 0.6) is 0 Å². The van der Waals surface area contributed by atoms with Gasteiger partial charge in [0.15, 0.2) is 6.17 Å². The maximum atomic E-state index is 14.6. The second kappa shape index (κ2) is 9.59. The molecule has 0 spiro atoms. The lowest BCUT2D eigenvalue weighted by Gasteiger charge is -2.24. The molecular weight excluding hydrogens is 345 g/mol. The Morgan fingerprint density at radius 2 is 1.63 bits per heavy atom. The molecule has 0 aliphatic rings. The van der Waals surface area contributed by atoms with Crippen LogP contribution < -0.4 is 5.32 Å². The number of benzene rings is 2. The number of hydrogen-bond acceptors (Lipinski definition) is 4. The number of halogens is 1. The largest absolute Gasteiger partial charge is 0.346 e. The molecule has 0 aliphatic carbocycles. The minimum atomic E-state index is -1.64. The number of aromatic nitrogens is 3. The molecule has 0 aliphatic heterocycles. The molecule has 140 valence electrons. The van der Waals surface area contributed by atoms with Crippen molar-refractivity contribution in [1.82, 2.24) is 25.4 Å². The average Bonchev–Trinajstić information content (AvgIpc) is 3.21. The molecule has 1 heterocycles. The Labute approximate surface area is 157 Å². The van der Waals surface area contributed by atoms with Crippen molar-refractivity contribution in [2.45, 2.75) is 25.8 Å². The molecule has 1 atom stereocenters. The quantitative estimate of drug-likeness (QED) is 0.609. The fourth-order valence-electron chi connectivity index (χ4n) is 2.78. The van der Waals surface area contributed by atoms with Gasteiger partial charge in [-0.25, -0.2) is 9.37 Å². The van der Waals surface area contributed by atoms with Gasteiger partial charge in [0, 0.05) is 19.6 Å². The zero-order valence-corrected chi connectivity index (χ0v) is 14.9. The van der Waals surface area contributed by atoms with E-state index in [4.69, 9.17) is 0 Å². The summed E-state index contributed by atoms with van der Waals surface area (Å²) < 4.78 is 14.6. The van der Waals surface area contributed by atoms with E-state index < -0.39 is 12.1 Å². The number of H-pyrrole nitrogens is 1. The van der Waals surface area contributed by atoms with Gasteiger partial charge < -0.3 is 5.32 Å². The lowest BCUT2D eigenvalue weighted by molar-refractivity contribution is -0.127. The molecule has 2 N–H and O–H groups in total. The molecule has 7 heteroatoms. The highest BCUT2D eigenvalue weighted by Crippen LogP contribution is 2.12. The summed E-state index contributed by atoms with van der Waals surface area (Å²) in [6, 6.07) is 19.7. The van der Waals surface area contributed by atoms with Gasteiger partial charge in [0.25, 0.3) is 5.91 Å². The highest BCUT2D eigenvalue weighted by atomic mass is 19.1. The van der Waals surface area contributed by atoms with Gasteiger partial charge in [-0.05, 0) is 11.1 Å². The zero-order chi connectivity index (χ0) is 18.9. The highest BCUT2D eigenvalue weighted by Gasteiger charge is 2.21. The molecule has 0 saturated heterocycles. The van der Waals surface area contributed by atoms with Crippen molar-refractivity contribution in [3.8, 4) is 0 Å². The lowest BCUT2D eigenvalue weighted by atomic mass is 10.1. The minimum absolute atomic E-state index is 0.00598. The van der Waals surface area contributed by atoms with E-state index >= 15 is 0 Å². The van der Waals surface area contributed by atoms with Gasteiger partial charge in [-0.15, -0.1) is 0 Å². The number of rotatable bonds is 9. The van der Waals surface area contributed by atoms with Crippen molar-refractivity contribution in [3.05, 3.63) is 83.9 Å². The van der Waals surface area contributed by atoms with Gasteiger partial charge in [-0.3, -0.25) is 14.8 Å². The molecule has 0 fully saturated rings. The van der Waals surface area contributed by atoms with E-state index in [9.17, 15) is 9.18 Å². The Balaban J connectivity index is 1.61. The number of nitrogens with zero attached hydrogens (tertiary/aromatic N) is 3. The van der Waals surface area contributed by atoms with E-state index in [0.717, 1.165) is 11.1 Å². The van der Waals surface area contributed by atoms with Crippen molar-refractivity contribution in [2.24, 2.45) is 0 Å². The molecule has 1 aromatic heterocycles. The summed E-state index contributed by atoms with van der Waals surface area (Å²) >= 11 is 0. The van der Waals surface area contributed by atoms with Gasteiger partial charge in [0.1, 0.15) is 12.2 Å². The number of alkyl halides is 1.